The van der Waals surface area contributed by atoms with Crippen molar-refractivity contribution in [3.8, 4) is 11.5 Å². The standard InChI is InChI=1S/C16H16O8/c17-9-5-7-3-1-2-4-8(7)6-10(9)23-16-13(20)11(18)12(19)14(24-16)15(21)22/h1-6,11-14,16-20H,(H,21,22)/t11-,12-,13+,14-,16+/m0/s1. The number of carboxylic acid groups (broad SMARTS) is 1. The number of aliphatic hydroxyl groups is 3. The van der Waals surface area contributed by atoms with Crippen molar-refractivity contribution in [3.05, 3.63) is 36.4 Å². The average Bonchev–Trinajstić information content (AvgIpc) is 2.55. The number of carbonyl (C=O) groups is 1. The van der Waals surface area contributed by atoms with Crippen LogP contribution in [0.3, 0.4) is 0 Å². The number of carboxylic acids is 1. The van der Waals surface area contributed by atoms with Gasteiger partial charge in [-0.3, -0.25) is 0 Å². The number of aliphatic hydroxyl groups excluding tert-OH is 3. The topological polar surface area (TPSA) is 137 Å². The lowest BCUT2D eigenvalue weighted by molar-refractivity contribution is -0.271. The van der Waals surface area contributed by atoms with E-state index in [4.69, 9.17) is 14.6 Å². The molecule has 0 unspecified atom stereocenters. The molecule has 1 fully saturated rings. The number of phenols is 1. The van der Waals surface area contributed by atoms with Crippen molar-refractivity contribution in [1.29, 1.82) is 0 Å². The lowest BCUT2D eigenvalue weighted by Gasteiger charge is -2.38. The Morgan fingerprint density at radius 3 is 2.25 bits per heavy atom. The molecule has 0 spiro atoms. The van der Waals surface area contributed by atoms with Gasteiger partial charge in [0.25, 0.3) is 0 Å². The highest BCUT2D eigenvalue weighted by Gasteiger charge is 2.48. The quantitative estimate of drug-likeness (QED) is 0.520. The lowest BCUT2D eigenvalue weighted by Crippen LogP contribution is -2.61. The van der Waals surface area contributed by atoms with E-state index in [1.807, 2.05) is 0 Å². The first-order chi connectivity index (χ1) is 11.4. The fourth-order valence-corrected chi connectivity index (χ4v) is 2.58. The van der Waals surface area contributed by atoms with Crippen molar-refractivity contribution < 1.29 is 39.8 Å². The highest BCUT2D eigenvalue weighted by atomic mass is 16.7. The first kappa shape index (κ1) is 16.5. The van der Waals surface area contributed by atoms with Gasteiger partial charge in [0.1, 0.15) is 18.3 Å². The average molecular weight is 336 g/mol. The molecule has 8 heteroatoms. The van der Waals surface area contributed by atoms with Crippen molar-refractivity contribution in [2.45, 2.75) is 30.7 Å². The summed E-state index contributed by atoms with van der Waals surface area (Å²) in [6, 6.07) is 10.1. The molecular weight excluding hydrogens is 320 g/mol. The Kier molecular flexibility index (Phi) is 4.29. The Bertz CT molecular complexity index is 761. The zero-order valence-corrected chi connectivity index (χ0v) is 12.3. The Hall–Kier alpha value is -2.39. The Morgan fingerprint density at radius 2 is 1.62 bits per heavy atom. The number of hydrogen-bond acceptors (Lipinski definition) is 7. The number of rotatable bonds is 3. The minimum absolute atomic E-state index is 0.0505. The van der Waals surface area contributed by atoms with E-state index in [2.05, 4.69) is 0 Å². The van der Waals surface area contributed by atoms with Gasteiger partial charge < -0.3 is 35.0 Å². The summed E-state index contributed by atoms with van der Waals surface area (Å²) in [4.78, 5) is 11.1. The number of aromatic hydroxyl groups is 1. The van der Waals surface area contributed by atoms with E-state index in [1.54, 1.807) is 24.3 Å². The number of hydrogen-bond donors (Lipinski definition) is 5. The third-order valence-corrected chi connectivity index (χ3v) is 3.88. The number of fused-ring (bicyclic) bond motifs is 1. The maximum atomic E-state index is 11.1. The zero-order chi connectivity index (χ0) is 17.4. The maximum absolute atomic E-state index is 11.1. The number of aliphatic carboxylic acids is 1. The largest absolute Gasteiger partial charge is 0.504 e. The third-order valence-electron chi connectivity index (χ3n) is 3.88. The van der Waals surface area contributed by atoms with Crippen molar-refractivity contribution in [3.63, 3.8) is 0 Å². The molecule has 1 aliphatic heterocycles. The second-order valence-corrected chi connectivity index (χ2v) is 5.52. The fraction of sp³-hybridized carbons (Fsp3) is 0.312. The second kappa shape index (κ2) is 6.25. The van der Waals surface area contributed by atoms with Gasteiger partial charge in [-0.1, -0.05) is 24.3 Å². The highest BCUT2D eigenvalue weighted by Crippen LogP contribution is 2.34. The molecule has 2 aromatic carbocycles. The van der Waals surface area contributed by atoms with E-state index in [1.165, 1.54) is 12.1 Å². The van der Waals surface area contributed by atoms with Gasteiger partial charge in [-0.15, -0.1) is 0 Å². The summed E-state index contributed by atoms with van der Waals surface area (Å²) >= 11 is 0. The third kappa shape index (κ3) is 2.87. The van der Waals surface area contributed by atoms with Crippen molar-refractivity contribution >= 4 is 16.7 Å². The minimum atomic E-state index is -1.80. The van der Waals surface area contributed by atoms with Gasteiger partial charge in [0.15, 0.2) is 17.6 Å². The van der Waals surface area contributed by atoms with Gasteiger partial charge in [-0.2, -0.15) is 0 Å². The summed E-state index contributed by atoms with van der Waals surface area (Å²) in [5.74, 6) is -1.80. The van der Waals surface area contributed by atoms with E-state index >= 15 is 0 Å². The minimum Gasteiger partial charge on any atom is -0.504 e. The first-order valence-electron chi connectivity index (χ1n) is 7.19. The molecule has 128 valence electrons. The van der Waals surface area contributed by atoms with Crippen LogP contribution in [0, 0.1) is 0 Å². The number of phenolic OH excluding ortho intramolecular Hbond substituents is 1. The molecule has 5 N–H and O–H groups in total. The van der Waals surface area contributed by atoms with Crippen LogP contribution < -0.4 is 4.74 Å². The second-order valence-electron chi connectivity index (χ2n) is 5.52. The van der Waals surface area contributed by atoms with Crippen LogP contribution in [0.15, 0.2) is 36.4 Å². The van der Waals surface area contributed by atoms with Gasteiger partial charge in [0, 0.05) is 0 Å². The van der Waals surface area contributed by atoms with E-state index in [0.717, 1.165) is 10.8 Å². The van der Waals surface area contributed by atoms with Crippen LogP contribution in [0.4, 0.5) is 0 Å². The van der Waals surface area contributed by atoms with E-state index in [-0.39, 0.29) is 11.5 Å². The summed E-state index contributed by atoms with van der Waals surface area (Å²) in [6.45, 7) is 0. The van der Waals surface area contributed by atoms with Gasteiger partial charge in [-0.25, -0.2) is 4.79 Å². The molecule has 3 rings (SSSR count). The molecule has 0 aliphatic carbocycles. The summed E-state index contributed by atoms with van der Waals surface area (Å²) in [5.41, 5.74) is 0. The predicted octanol–water partition coefficient (Wildman–Crippen LogP) is -0.184. The maximum Gasteiger partial charge on any atom is 0.335 e. The molecule has 2 aromatic rings. The van der Waals surface area contributed by atoms with E-state index in [0.29, 0.717) is 0 Å². The Labute approximate surface area is 136 Å². The molecule has 0 saturated carbocycles. The summed E-state index contributed by atoms with van der Waals surface area (Å²) < 4.78 is 10.4. The normalized spacial score (nSPS) is 30.2. The van der Waals surface area contributed by atoms with Crippen LogP contribution in [-0.4, -0.2) is 62.2 Å². The summed E-state index contributed by atoms with van der Waals surface area (Å²) in [7, 11) is 0. The molecule has 24 heavy (non-hydrogen) atoms. The Balaban J connectivity index is 1.89. The molecule has 1 heterocycles. The molecule has 0 amide bonds. The van der Waals surface area contributed by atoms with Crippen LogP contribution in [0.1, 0.15) is 0 Å². The van der Waals surface area contributed by atoms with Gasteiger partial charge >= 0.3 is 5.97 Å². The van der Waals surface area contributed by atoms with Crippen LogP contribution in [0.2, 0.25) is 0 Å². The molecule has 0 bridgehead atoms. The van der Waals surface area contributed by atoms with E-state index in [9.17, 15) is 25.2 Å². The predicted molar refractivity (Wildman–Crippen MR) is 80.6 cm³/mol. The molecule has 1 aliphatic rings. The molecule has 8 nitrogen and oxygen atoms in total. The lowest BCUT2D eigenvalue weighted by atomic mass is 9.99. The van der Waals surface area contributed by atoms with Crippen LogP contribution in [-0.2, 0) is 9.53 Å². The van der Waals surface area contributed by atoms with Crippen LogP contribution in [0.5, 0.6) is 11.5 Å². The van der Waals surface area contributed by atoms with Crippen LogP contribution >= 0.6 is 0 Å². The van der Waals surface area contributed by atoms with Gasteiger partial charge in [0.05, 0.1) is 0 Å². The molecule has 5 atom stereocenters. The van der Waals surface area contributed by atoms with Crippen molar-refractivity contribution in [2.24, 2.45) is 0 Å². The SMILES string of the molecule is O=C(O)[C@H]1O[C@@H](Oc2cc3ccccc3cc2O)[C@H](O)[C@@H](O)[C@@H]1O. The smallest absolute Gasteiger partial charge is 0.335 e. The number of ether oxygens (including phenoxy) is 2. The first-order valence-corrected chi connectivity index (χ1v) is 7.19. The number of benzene rings is 2. The van der Waals surface area contributed by atoms with E-state index < -0.39 is 36.7 Å². The summed E-state index contributed by atoms with van der Waals surface area (Å²) in [6.07, 6.45) is -8.61. The van der Waals surface area contributed by atoms with Crippen molar-refractivity contribution in [1.82, 2.24) is 0 Å². The van der Waals surface area contributed by atoms with Gasteiger partial charge in [0.2, 0.25) is 6.29 Å². The molecule has 0 radical (unpaired) electrons. The Morgan fingerprint density at radius 1 is 1.00 bits per heavy atom. The van der Waals surface area contributed by atoms with Crippen LogP contribution in [0.25, 0.3) is 10.8 Å². The highest BCUT2D eigenvalue weighted by molar-refractivity contribution is 5.85. The fourth-order valence-electron chi connectivity index (χ4n) is 2.58. The monoisotopic (exact) mass is 336 g/mol. The van der Waals surface area contributed by atoms with Gasteiger partial charge in [-0.05, 0) is 22.9 Å². The molecule has 1 saturated heterocycles. The van der Waals surface area contributed by atoms with Crippen molar-refractivity contribution in [2.75, 3.05) is 0 Å². The zero-order valence-electron chi connectivity index (χ0n) is 12.3. The molecular formula is C16H16O8. The summed E-state index contributed by atoms with van der Waals surface area (Å²) in [5, 5.41) is 49.9. The molecule has 0 aromatic heterocycles.